The normalized spacial score (nSPS) is 16.9. The van der Waals surface area contributed by atoms with Gasteiger partial charge in [0.2, 0.25) is 5.91 Å². The van der Waals surface area contributed by atoms with E-state index in [-0.39, 0.29) is 22.5 Å². The molecule has 2 bridgehead atoms. The topological polar surface area (TPSA) is 132 Å². The van der Waals surface area contributed by atoms with Gasteiger partial charge in [-0.1, -0.05) is 31.0 Å². The fraction of sp³-hybridized carbons (Fsp3) is 0.333. The quantitative estimate of drug-likeness (QED) is 0.233. The predicted octanol–water partition coefficient (Wildman–Crippen LogP) is 6.59. The molecule has 0 spiro atoms. The van der Waals surface area contributed by atoms with Gasteiger partial charge in [-0.3, -0.25) is 23.8 Å². The zero-order valence-corrected chi connectivity index (χ0v) is 25.7. The number of carboxylic acid groups (broad SMARTS) is 1. The molecular formula is C30H27ClF6N6O4. The zero-order valence-electron chi connectivity index (χ0n) is 24.9. The van der Waals surface area contributed by atoms with E-state index < -0.39 is 46.6 Å². The number of rotatable bonds is 3. The van der Waals surface area contributed by atoms with Crippen molar-refractivity contribution in [3.8, 4) is 22.5 Å². The summed E-state index contributed by atoms with van der Waals surface area (Å²) in [4.78, 5) is 43.9. The Kier molecular flexibility index (Phi) is 10.1. The van der Waals surface area contributed by atoms with E-state index in [9.17, 15) is 35.9 Å². The number of aryl methyl sites for hydroxylation is 1. The lowest BCUT2D eigenvalue weighted by Crippen LogP contribution is -2.27. The first-order chi connectivity index (χ1) is 21.9. The Labute approximate surface area is 268 Å². The number of benzene rings is 1. The summed E-state index contributed by atoms with van der Waals surface area (Å²) < 4.78 is 78.4. The molecule has 2 N–H and O–H groups in total. The summed E-state index contributed by atoms with van der Waals surface area (Å²) in [7, 11) is 1.76. The molecule has 1 amide bonds. The van der Waals surface area contributed by atoms with E-state index in [0.717, 1.165) is 23.8 Å². The number of alkyl halides is 5. The van der Waals surface area contributed by atoms with Crippen molar-refractivity contribution in [3.63, 3.8) is 0 Å². The Morgan fingerprint density at radius 1 is 1.09 bits per heavy atom. The van der Waals surface area contributed by atoms with Crippen molar-refractivity contribution in [3.05, 3.63) is 81.5 Å². The third-order valence-corrected chi connectivity index (χ3v) is 7.68. The van der Waals surface area contributed by atoms with Crippen molar-refractivity contribution < 1.29 is 41.0 Å². The highest BCUT2D eigenvalue weighted by atomic mass is 35.5. The molecule has 0 saturated carbocycles. The number of aromatic nitrogens is 5. The van der Waals surface area contributed by atoms with Crippen LogP contribution >= 0.6 is 11.6 Å². The van der Waals surface area contributed by atoms with Crippen LogP contribution in [0.1, 0.15) is 50.4 Å². The number of halogens is 7. The molecule has 0 saturated heterocycles. The summed E-state index contributed by atoms with van der Waals surface area (Å²) in [6.45, 7) is 2.46. The number of anilines is 1. The average Bonchev–Trinajstić information content (AvgIpc) is 3.35. The lowest BCUT2D eigenvalue weighted by atomic mass is 9.96. The second kappa shape index (κ2) is 13.6. The number of carbonyl (C=O) groups excluding carboxylic acids is 1. The van der Waals surface area contributed by atoms with Gasteiger partial charge in [-0.2, -0.15) is 18.3 Å². The molecule has 0 unspecified atom stereocenters. The van der Waals surface area contributed by atoms with Crippen molar-refractivity contribution >= 4 is 29.2 Å². The number of pyridine rings is 1. The molecule has 0 radical (unpaired) electrons. The van der Waals surface area contributed by atoms with E-state index in [2.05, 4.69) is 20.4 Å². The second-order valence-electron chi connectivity index (χ2n) is 10.8. The Bertz CT molecular complexity index is 1870. The monoisotopic (exact) mass is 684 g/mol. The lowest BCUT2D eigenvalue weighted by Gasteiger charge is -2.22. The number of nitrogens with one attached hydrogen (secondary N) is 1. The van der Waals surface area contributed by atoms with Gasteiger partial charge in [0.15, 0.2) is 5.82 Å². The van der Waals surface area contributed by atoms with Crippen LogP contribution in [0.15, 0.2) is 53.8 Å². The molecule has 17 heteroatoms. The van der Waals surface area contributed by atoms with Gasteiger partial charge in [0.1, 0.15) is 0 Å². The van der Waals surface area contributed by atoms with Crippen LogP contribution in [-0.4, -0.2) is 47.5 Å². The van der Waals surface area contributed by atoms with Crippen LogP contribution < -0.4 is 10.9 Å². The highest BCUT2D eigenvalue weighted by Gasteiger charge is 2.38. The standard InChI is InChI=1S/C28H26ClF3N6O2.C2HF3O2/c1-15-5-4-6-22(19-11-16(9-10-33-19)26-21(36-27(15)40)13-35-37(26)3)38-14-34-20(12-23(38)39)24-17(28(2,31)32)7-8-18(29)25(24)30;3-2(4,5)1(6)7/h7-15,22H,4-6H2,1-3H3,(H,36,40);(H,6,7)/t15-,22+;/m1./s1. The highest BCUT2D eigenvalue weighted by Crippen LogP contribution is 2.39. The minimum atomic E-state index is -5.08. The summed E-state index contributed by atoms with van der Waals surface area (Å²) in [5, 5.41) is 14.0. The van der Waals surface area contributed by atoms with Gasteiger partial charge in [-0.15, -0.1) is 0 Å². The maximum Gasteiger partial charge on any atom is 0.490 e. The van der Waals surface area contributed by atoms with Gasteiger partial charge in [-0.05, 0) is 31.0 Å². The number of carboxylic acids is 1. The molecule has 2 atom stereocenters. The molecule has 5 rings (SSSR count). The van der Waals surface area contributed by atoms with E-state index >= 15 is 0 Å². The van der Waals surface area contributed by atoms with Crippen LogP contribution in [-0.2, 0) is 22.6 Å². The fourth-order valence-electron chi connectivity index (χ4n) is 5.03. The SMILES string of the molecule is C[C@@H]1CCC[C@H](n2cnc(-c3c(C(C)(F)F)ccc(Cl)c3F)cc2=O)c2cc(ccn2)-c2c(cnn2C)NC1=O.O=C(O)C(F)(F)F. The van der Waals surface area contributed by atoms with E-state index in [1.165, 1.54) is 10.9 Å². The van der Waals surface area contributed by atoms with Gasteiger partial charge >= 0.3 is 12.1 Å². The molecule has 10 nitrogen and oxygen atoms in total. The molecular weight excluding hydrogens is 658 g/mol. The molecule has 47 heavy (non-hydrogen) atoms. The summed E-state index contributed by atoms with van der Waals surface area (Å²) in [5.41, 5.74) is 0.550. The molecule has 250 valence electrons. The largest absolute Gasteiger partial charge is 0.490 e. The van der Waals surface area contributed by atoms with Crippen molar-refractivity contribution in [1.82, 2.24) is 24.3 Å². The molecule has 3 aromatic heterocycles. The molecule has 0 fully saturated rings. The van der Waals surface area contributed by atoms with E-state index in [1.54, 1.807) is 30.2 Å². The number of carbonyl (C=O) groups is 2. The second-order valence-corrected chi connectivity index (χ2v) is 11.2. The Morgan fingerprint density at radius 2 is 1.77 bits per heavy atom. The van der Waals surface area contributed by atoms with Crippen molar-refractivity contribution in [2.24, 2.45) is 13.0 Å². The number of hydrogen-bond acceptors (Lipinski definition) is 6. The summed E-state index contributed by atoms with van der Waals surface area (Å²) in [6, 6.07) is 6.11. The zero-order chi connectivity index (χ0) is 34.8. The first-order valence-electron chi connectivity index (χ1n) is 13.9. The fourth-order valence-corrected chi connectivity index (χ4v) is 5.19. The number of hydrogen-bond donors (Lipinski definition) is 2. The third-order valence-electron chi connectivity index (χ3n) is 7.39. The maximum atomic E-state index is 15.0. The van der Waals surface area contributed by atoms with Gasteiger partial charge in [0.05, 0.1) is 46.4 Å². The lowest BCUT2D eigenvalue weighted by molar-refractivity contribution is -0.192. The number of nitrogens with zero attached hydrogens (tertiary/aromatic N) is 5. The first kappa shape index (κ1) is 35.1. The van der Waals surface area contributed by atoms with Gasteiger partial charge in [-0.25, -0.2) is 22.9 Å². The summed E-state index contributed by atoms with van der Waals surface area (Å²) >= 11 is 5.89. The Hall–Kier alpha value is -4.73. The van der Waals surface area contributed by atoms with Gasteiger partial charge < -0.3 is 10.4 Å². The number of amides is 1. The first-order valence-corrected chi connectivity index (χ1v) is 14.3. The summed E-state index contributed by atoms with van der Waals surface area (Å²) in [5.74, 6) is -7.69. The Morgan fingerprint density at radius 3 is 2.38 bits per heavy atom. The van der Waals surface area contributed by atoms with Gasteiger partial charge in [0.25, 0.3) is 11.5 Å². The molecule has 1 aliphatic rings. The van der Waals surface area contributed by atoms with Crippen molar-refractivity contribution in [2.45, 2.75) is 51.3 Å². The molecule has 1 aliphatic heterocycles. The minimum absolute atomic E-state index is 0.143. The summed E-state index contributed by atoms with van der Waals surface area (Å²) in [6.07, 6.45) is 0.881. The highest BCUT2D eigenvalue weighted by molar-refractivity contribution is 6.31. The smallest absolute Gasteiger partial charge is 0.475 e. The van der Waals surface area contributed by atoms with E-state index in [4.69, 9.17) is 21.5 Å². The third kappa shape index (κ3) is 7.81. The molecule has 0 aliphatic carbocycles. The van der Waals surface area contributed by atoms with Crippen molar-refractivity contribution in [1.29, 1.82) is 0 Å². The van der Waals surface area contributed by atoms with Crippen LogP contribution in [0.3, 0.4) is 0 Å². The average molecular weight is 685 g/mol. The van der Waals surface area contributed by atoms with Crippen molar-refractivity contribution in [2.75, 3.05) is 5.32 Å². The van der Waals surface area contributed by atoms with E-state index in [1.807, 2.05) is 13.0 Å². The minimum Gasteiger partial charge on any atom is -0.475 e. The van der Waals surface area contributed by atoms with Crippen LogP contribution in [0.4, 0.5) is 32.0 Å². The van der Waals surface area contributed by atoms with Crippen LogP contribution in [0, 0.1) is 11.7 Å². The number of fused-ring (bicyclic) bond motifs is 4. The molecule has 4 heterocycles. The predicted molar refractivity (Wildman–Crippen MR) is 158 cm³/mol. The molecule has 1 aromatic carbocycles. The van der Waals surface area contributed by atoms with Gasteiger partial charge in [0, 0.05) is 48.8 Å². The number of aliphatic carboxylic acids is 1. The maximum absolute atomic E-state index is 15.0. The van der Waals surface area contributed by atoms with Crippen LogP contribution in [0.25, 0.3) is 22.5 Å². The molecule has 4 aromatic rings. The Balaban J connectivity index is 0.000000644. The van der Waals surface area contributed by atoms with E-state index in [0.29, 0.717) is 43.3 Å². The van der Waals surface area contributed by atoms with Crippen LogP contribution in [0.2, 0.25) is 5.02 Å². The van der Waals surface area contributed by atoms with Crippen LogP contribution in [0.5, 0.6) is 0 Å².